The average molecular weight is 338 g/mol. The van der Waals surface area contributed by atoms with Crippen molar-refractivity contribution in [3.63, 3.8) is 0 Å². The largest absolute Gasteiger partial charge is 0.497 e. The van der Waals surface area contributed by atoms with E-state index in [1.807, 2.05) is 60.7 Å². The summed E-state index contributed by atoms with van der Waals surface area (Å²) in [7, 11) is 1.63. The number of aryl methyl sites for hydroxylation is 1. The molecule has 0 aliphatic heterocycles. The van der Waals surface area contributed by atoms with Gasteiger partial charge in [0.05, 0.1) is 7.11 Å². The van der Waals surface area contributed by atoms with Crippen molar-refractivity contribution in [1.29, 1.82) is 0 Å². The number of fused-ring (bicyclic) bond motifs is 1. The second-order valence-electron chi connectivity index (χ2n) is 5.97. The van der Waals surface area contributed by atoms with Crippen LogP contribution in [0, 0.1) is 0 Å². The molecular formula is C22H20F2O. The summed E-state index contributed by atoms with van der Waals surface area (Å²) in [6.07, 6.45) is 0.182. The highest BCUT2D eigenvalue weighted by molar-refractivity contribution is 5.94. The zero-order valence-corrected chi connectivity index (χ0v) is 14.1. The third-order valence-corrected chi connectivity index (χ3v) is 4.39. The van der Waals surface area contributed by atoms with E-state index < -0.39 is 6.08 Å². The Kier molecular flexibility index (Phi) is 5.44. The summed E-state index contributed by atoms with van der Waals surface area (Å²) in [5.41, 5.74) is 1.90. The Morgan fingerprint density at radius 3 is 2.32 bits per heavy atom. The molecule has 0 amide bonds. The molecule has 0 spiro atoms. The lowest BCUT2D eigenvalue weighted by Gasteiger charge is -2.11. The van der Waals surface area contributed by atoms with Gasteiger partial charge in [-0.3, -0.25) is 0 Å². The molecular weight excluding hydrogens is 318 g/mol. The smallest absolute Gasteiger partial charge is 0.274 e. The molecule has 0 atom stereocenters. The molecule has 1 nitrogen and oxygen atoms in total. The first-order valence-electron chi connectivity index (χ1n) is 8.34. The van der Waals surface area contributed by atoms with Gasteiger partial charge in [0.2, 0.25) is 0 Å². The molecule has 3 heteroatoms. The second-order valence-corrected chi connectivity index (χ2v) is 5.97. The number of benzene rings is 3. The van der Waals surface area contributed by atoms with Gasteiger partial charge in [0, 0.05) is 5.57 Å². The zero-order chi connectivity index (χ0) is 17.6. The van der Waals surface area contributed by atoms with Crippen LogP contribution < -0.4 is 4.74 Å². The van der Waals surface area contributed by atoms with E-state index in [2.05, 4.69) is 0 Å². The first-order chi connectivity index (χ1) is 12.2. The van der Waals surface area contributed by atoms with Crippen molar-refractivity contribution >= 4 is 16.3 Å². The molecule has 0 aliphatic rings. The van der Waals surface area contributed by atoms with E-state index in [0.29, 0.717) is 18.4 Å². The Balaban J connectivity index is 1.77. The summed E-state index contributed by atoms with van der Waals surface area (Å²) in [6.45, 7) is 0. The maximum absolute atomic E-state index is 13.6. The third kappa shape index (κ3) is 4.05. The molecule has 0 fully saturated rings. The predicted octanol–water partition coefficient (Wildman–Crippen LogP) is 6.48. The Bertz CT molecular complexity index is 873. The van der Waals surface area contributed by atoms with Gasteiger partial charge in [-0.2, -0.15) is 8.78 Å². The van der Waals surface area contributed by atoms with E-state index in [1.54, 1.807) is 13.2 Å². The van der Waals surface area contributed by atoms with Crippen LogP contribution in [0.4, 0.5) is 8.78 Å². The monoisotopic (exact) mass is 338 g/mol. The highest BCUT2D eigenvalue weighted by Gasteiger charge is 2.12. The minimum atomic E-state index is -1.59. The van der Waals surface area contributed by atoms with Crippen LogP contribution in [0.1, 0.15) is 24.0 Å². The molecule has 0 saturated carbocycles. The Labute approximate surface area is 146 Å². The van der Waals surface area contributed by atoms with Crippen LogP contribution in [0.3, 0.4) is 0 Å². The van der Waals surface area contributed by atoms with Gasteiger partial charge in [0.1, 0.15) is 5.75 Å². The van der Waals surface area contributed by atoms with Crippen LogP contribution in [-0.4, -0.2) is 7.11 Å². The van der Waals surface area contributed by atoms with Gasteiger partial charge in [-0.25, -0.2) is 0 Å². The quantitative estimate of drug-likeness (QED) is 0.500. The van der Waals surface area contributed by atoms with Crippen LogP contribution >= 0.6 is 0 Å². The molecule has 0 radical (unpaired) electrons. The standard InChI is InChI=1S/C22H20F2O/c1-25-18-14-12-16(13-15-18)6-4-11-21(22(23)24)20-10-5-8-17-7-2-3-9-19(17)20/h2-3,5,7-10,12-15H,4,6,11H2,1H3. The molecule has 0 unspecified atom stereocenters. The van der Waals surface area contributed by atoms with Gasteiger partial charge in [-0.05, 0) is 53.3 Å². The molecule has 3 aromatic carbocycles. The fourth-order valence-electron chi connectivity index (χ4n) is 3.08. The lowest BCUT2D eigenvalue weighted by Crippen LogP contribution is -1.92. The van der Waals surface area contributed by atoms with Crippen molar-refractivity contribution in [2.24, 2.45) is 0 Å². The molecule has 0 N–H and O–H groups in total. The van der Waals surface area contributed by atoms with Crippen molar-refractivity contribution in [3.05, 3.63) is 83.9 Å². The maximum Gasteiger partial charge on any atom is 0.274 e. The Morgan fingerprint density at radius 1 is 0.880 bits per heavy atom. The molecule has 0 saturated heterocycles. The molecule has 25 heavy (non-hydrogen) atoms. The summed E-state index contributed by atoms with van der Waals surface area (Å²) in [5, 5.41) is 1.85. The SMILES string of the molecule is COc1ccc(CCCC(=C(F)F)c2cccc3ccccc23)cc1. The van der Waals surface area contributed by atoms with Crippen LogP contribution in [0.2, 0.25) is 0 Å². The van der Waals surface area contributed by atoms with Gasteiger partial charge in [-0.15, -0.1) is 0 Å². The fourth-order valence-corrected chi connectivity index (χ4v) is 3.08. The number of hydrogen-bond acceptors (Lipinski definition) is 1. The van der Waals surface area contributed by atoms with Crippen LogP contribution in [0.15, 0.2) is 72.8 Å². The van der Waals surface area contributed by atoms with E-state index in [4.69, 9.17) is 4.74 Å². The summed E-state index contributed by atoms with van der Waals surface area (Å²) < 4.78 is 32.3. The van der Waals surface area contributed by atoms with Gasteiger partial charge >= 0.3 is 0 Å². The number of ether oxygens (including phenoxy) is 1. The minimum Gasteiger partial charge on any atom is -0.497 e. The number of allylic oxidation sites excluding steroid dienone is 1. The Hall–Kier alpha value is -2.68. The number of hydrogen-bond donors (Lipinski definition) is 0. The lowest BCUT2D eigenvalue weighted by atomic mass is 9.94. The van der Waals surface area contributed by atoms with E-state index in [0.717, 1.165) is 28.5 Å². The average Bonchev–Trinajstić information content (AvgIpc) is 2.65. The predicted molar refractivity (Wildman–Crippen MR) is 99.0 cm³/mol. The molecule has 0 aliphatic carbocycles. The topological polar surface area (TPSA) is 9.23 Å². The molecule has 3 rings (SSSR count). The normalized spacial score (nSPS) is 10.7. The summed E-state index contributed by atoms with van der Waals surface area (Å²) in [6, 6.07) is 21.0. The van der Waals surface area contributed by atoms with E-state index >= 15 is 0 Å². The molecule has 0 heterocycles. The van der Waals surface area contributed by atoms with Crippen LogP contribution in [-0.2, 0) is 6.42 Å². The van der Waals surface area contributed by atoms with Gasteiger partial charge < -0.3 is 4.74 Å². The summed E-state index contributed by atoms with van der Waals surface area (Å²) >= 11 is 0. The van der Waals surface area contributed by atoms with Crippen molar-refractivity contribution in [2.75, 3.05) is 7.11 Å². The number of rotatable bonds is 6. The highest BCUT2D eigenvalue weighted by atomic mass is 19.3. The van der Waals surface area contributed by atoms with Crippen LogP contribution in [0.25, 0.3) is 16.3 Å². The first kappa shape index (κ1) is 17.2. The highest BCUT2D eigenvalue weighted by Crippen LogP contribution is 2.32. The lowest BCUT2D eigenvalue weighted by molar-refractivity contribution is 0.414. The number of halogens is 2. The third-order valence-electron chi connectivity index (χ3n) is 4.39. The Morgan fingerprint density at radius 2 is 1.60 bits per heavy atom. The fraction of sp³-hybridized carbons (Fsp3) is 0.182. The zero-order valence-electron chi connectivity index (χ0n) is 14.1. The number of methoxy groups -OCH3 is 1. The molecule has 0 aromatic heterocycles. The summed E-state index contributed by atoms with van der Waals surface area (Å²) in [5.74, 6) is 0.801. The molecule has 3 aromatic rings. The second kappa shape index (κ2) is 7.93. The molecule has 128 valence electrons. The summed E-state index contributed by atoms with van der Waals surface area (Å²) in [4.78, 5) is 0. The maximum atomic E-state index is 13.6. The van der Waals surface area contributed by atoms with Crippen molar-refractivity contribution < 1.29 is 13.5 Å². The minimum absolute atomic E-state index is 0.144. The van der Waals surface area contributed by atoms with Gasteiger partial charge in [0.25, 0.3) is 6.08 Å². The van der Waals surface area contributed by atoms with Crippen molar-refractivity contribution in [1.82, 2.24) is 0 Å². The first-order valence-corrected chi connectivity index (χ1v) is 8.34. The van der Waals surface area contributed by atoms with Crippen molar-refractivity contribution in [3.8, 4) is 5.75 Å². The van der Waals surface area contributed by atoms with Gasteiger partial charge in [0.15, 0.2) is 0 Å². The van der Waals surface area contributed by atoms with E-state index in [-0.39, 0.29) is 5.57 Å². The van der Waals surface area contributed by atoms with Crippen LogP contribution in [0.5, 0.6) is 5.75 Å². The van der Waals surface area contributed by atoms with E-state index in [1.165, 1.54) is 0 Å². The molecule has 0 bridgehead atoms. The van der Waals surface area contributed by atoms with Gasteiger partial charge in [-0.1, -0.05) is 54.6 Å². The van der Waals surface area contributed by atoms with E-state index in [9.17, 15) is 8.78 Å². The van der Waals surface area contributed by atoms with Crippen molar-refractivity contribution in [2.45, 2.75) is 19.3 Å².